The molecule has 2 bridgehead atoms. The maximum atomic E-state index is 13.5. The van der Waals surface area contributed by atoms with E-state index >= 15 is 0 Å². The molecule has 2 aromatic heterocycles. The third-order valence-corrected chi connectivity index (χ3v) is 8.59. The number of aromatic nitrogens is 3. The van der Waals surface area contributed by atoms with Crippen LogP contribution in [-0.4, -0.2) is 65.6 Å². The number of sulfonamides is 1. The summed E-state index contributed by atoms with van der Waals surface area (Å²) in [6.45, 7) is 0.478. The van der Waals surface area contributed by atoms with E-state index < -0.39 is 10.0 Å². The SMILES string of the molecule is CNC(=O)Cn1c2c(c3ccccc31)C[C@H]1C[C@@H]2[C@@H](OC)CN1S(=O)(=O)c1cn(C)cn1. The summed E-state index contributed by atoms with van der Waals surface area (Å²) in [6, 6.07) is 7.82. The fraction of sp³-hybridized carbons (Fsp3) is 0.455. The number of nitrogens with zero attached hydrogens (tertiary/aromatic N) is 4. The number of imidazole rings is 1. The minimum Gasteiger partial charge on any atom is -0.379 e. The van der Waals surface area contributed by atoms with E-state index in [1.165, 1.54) is 12.5 Å². The van der Waals surface area contributed by atoms with E-state index in [9.17, 15) is 13.2 Å². The van der Waals surface area contributed by atoms with Crippen molar-refractivity contribution in [2.24, 2.45) is 7.05 Å². The van der Waals surface area contributed by atoms with E-state index in [4.69, 9.17) is 4.74 Å². The van der Waals surface area contributed by atoms with E-state index in [1.807, 2.05) is 18.2 Å². The lowest BCUT2D eigenvalue weighted by Gasteiger charge is -2.46. The van der Waals surface area contributed by atoms with Gasteiger partial charge in [0, 0.05) is 62.5 Å². The van der Waals surface area contributed by atoms with E-state index in [1.54, 1.807) is 30.1 Å². The van der Waals surface area contributed by atoms with Crippen LogP contribution in [0.5, 0.6) is 0 Å². The summed E-state index contributed by atoms with van der Waals surface area (Å²) in [4.78, 5) is 16.4. The summed E-state index contributed by atoms with van der Waals surface area (Å²) in [7, 11) is 1.25. The van der Waals surface area contributed by atoms with Crippen LogP contribution in [0.3, 0.4) is 0 Å². The van der Waals surface area contributed by atoms with Crippen molar-refractivity contribution in [1.82, 2.24) is 23.7 Å². The number of ether oxygens (including phenoxy) is 1. The zero-order chi connectivity index (χ0) is 22.6. The number of fused-ring (bicyclic) bond motifs is 6. The van der Waals surface area contributed by atoms with Gasteiger partial charge in [0.05, 0.1) is 12.4 Å². The normalized spacial score (nSPS) is 23.3. The first kappa shape index (κ1) is 21.2. The van der Waals surface area contributed by atoms with Crippen LogP contribution in [0.15, 0.2) is 41.8 Å². The number of nitrogens with one attached hydrogen (secondary N) is 1. The molecule has 3 heterocycles. The number of benzene rings is 1. The zero-order valence-electron chi connectivity index (χ0n) is 18.4. The van der Waals surface area contributed by atoms with Crippen LogP contribution in [-0.2, 0) is 39.6 Å². The second kappa shape index (κ2) is 7.72. The molecule has 32 heavy (non-hydrogen) atoms. The molecular formula is C22H27N5O4S. The summed E-state index contributed by atoms with van der Waals surface area (Å²) in [5.74, 6) is -0.0687. The summed E-state index contributed by atoms with van der Waals surface area (Å²) >= 11 is 0. The highest BCUT2D eigenvalue weighted by molar-refractivity contribution is 7.89. The number of rotatable bonds is 5. The number of aryl methyl sites for hydroxylation is 1. The first-order chi connectivity index (χ1) is 15.3. The van der Waals surface area contributed by atoms with Crippen molar-refractivity contribution in [3.8, 4) is 0 Å². The number of hydrogen-bond donors (Lipinski definition) is 1. The topological polar surface area (TPSA) is 98.5 Å². The Hall–Kier alpha value is -2.69. The number of carbonyl (C=O) groups excluding carboxylic acids is 1. The molecule has 0 unspecified atom stereocenters. The highest BCUT2D eigenvalue weighted by atomic mass is 32.2. The van der Waals surface area contributed by atoms with E-state index in [2.05, 4.69) is 20.9 Å². The fourth-order valence-corrected chi connectivity index (χ4v) is 6.94. The Morgan fingerprint density at radius 3 is 2.78 bits per heavy atom. The van der Waals surface area contributed by atoms with Gasteiger partial charge in [0.1, 0.15) is 6.54 Å². The molecule has 5 rings (SSSR count). The fourth-order valence-electron chi connectivity index (χ4n) is 5.33. The van der Waals surface area contributed by atoms with Gasteiger partial charge < -0.3 is 19.2 Å². The maximum absolute atomic E-state index is 13.5. The van der Waals surface area contributed by atoms with Crippen molar-refractivity contribution < 1.29 is 17.9 Å². The number of likely N-dealkylation sites (N-methyl/N-ethyl adjacent to an activating group) is 1. The van der Waals surface area contributed by atoms with Crippen LogP contribution in [0.1, 0.15) is 23.6 Å². The van der Waals surface area contributed by atoms with Gasteiger partial charge in [-0.15, -0.1) is 0 Å². The van der Waals surface area contributed by atoms with E-state index in [0.29, 0.717) is 12.8 Å². The Balaban J connectivity index is 1.64. The maximum Gasteiger partial charge on any atom is 0.262 e. The molecule has 0 radical (unpaired) electrons. The lowest BCUT2D eigenvalue weighted by atomic mass is 9.77. The molecule has 10 heteroatoms. The highest BCUT2D eigenvalue weighted by Gasteiger charge is 2.48. The molecule has 0 saturated carbocycles. The predicted molar refractivity (Wildman–Crippen MR) is 119 cm³/mol. The predicted octanol–water partition coefficient (Wildman–Crippen LogP) is 1.24. The van der Waals surface area contributed by atoms with Gasteiger partial charge in [-0.3, -0.25) is 4.79 Å². The average Bonchev–Trinajstić information content (AvgIpc) is 3.36. The highest BCUT2D eigenvalue weighted by Crippen LogP contribution is 2.46. The molecule has 9 nitrogen and oxygen atoms in total. The molecule has 3 atom stereocenters. The molecule has 3 aromatic rings. The second-order valence-electron chi connectivity index (χ2n) is 8.57. The van der Waals surface area contributed by atoms with Gasteiger partial charge >= 0.3 is 0 Å². The van der Waals surface area contributed by atoms with Crippen LogP contribution in [0, 0.1) is 0 Å². The Bertz CT molecular complexity index is 1290. The number of hydrogen-bond acceptors (Lipinski definition) is 5. The number of amides is 1. The zero-order valence-corrected chi connectivity index (χ0v) is 19.2. The van der Waals surface area contributed by atoms with Crippen LogP contribution >= 0.6 is 0 Å². The molecule has 1 saturated heterocycles. The van der Waals surface area contributed by atoms with Crippen LogP contribution in [0.2, 0.25) is 0 Å². The average molecular weight is 458 g/mol. The van der Waals surface area contributed by atoms with Gasteiger partial charge in [-0.2, -0.15) is 4.31 Å². The van der Waals surface area contributed by atoms with Crippen molar-refractivity contribution in [3.05, 3.63) is 48.0 Å². The van der Waals surface area contributed by atoms with Crippen molar-refractivity contribution in [1.29, 1.82) is 0 Å². The molecule has 1 fully saturated rings. The van der Waals surface area contributed by atoms with Crippen molar-refractivity contribution in [3.63, 3.8) is 0 Å². The standard InChI is InChI=1S/C22H27N5O4S/c1-23-20(28)11-26-18-7-5-4-6-15(18)16-8-14-9-17(22(16)26)19(31-3)10-27(14)32(29,30)21-12-25(2)13-24-21/h4-7,12-14,17,19H,8-11H2,1-3H3,(H,23,28)/t14-,17+,19-/m0/s1. The molecule has 1 aromatic carbocycles. The molecule has 1 aliphatic carbocycles. The summed E-state index contributed by atoms with van der Waals surface area (Å²) in [5, 5.41) is 3.83. The Kier molecular flexibility index (Phi) is 5.11. The molecule has 170 valence electrons. The van der Waals surface area contributed by atoms with E-state index in [-0.39, 0.29) is 42.1 Å². The molecule has 2 aliphatic rings. The quantitative estimate of drug-likeness (QED) is 0.622. The number of para-hydroxylation sites is 1. The lowest BCUT2D eigenvalue weighted by Crippen LogP contribution is -2.55. The van der Waals surface area contributed by atoms with Crippen LogP contribution < -0.4 is 5.32 Å². The Morgan fingerprint density at radius 2 is 2.09 bits per heavy atom. The summed E-state index contributed by atoms with van der Waals surface area (Å²) < 4.78 is 38.0. The van der Waals surface area contributed by atoms with Gasteiger partial charge in [-0.05, 0) is 24.5 Å². The van der Waals surface area contributed by atoms with Crippen LogP contribution in [0.25, 0.3) is 10.9 Å². The minimum atomic E-state index is -3.76. The third-order valence-electron chi connectivity index (χ3n) is 6.79. The number of carbonyl (C=O) groups is 1. The monoisotopic (exact) mass is 457 g/mol. The summed E-state index contributed by atoms with van der Waals surface area (Å²) in [5.41, 5.74) is 3.18. The van der Waals surface area contributed by atoms with Crippen LogP contribution in [0.4, 0.5) is 0 Å². The Labute approximate surface area is 187 Å². The van der Waals surface area contributed by atoms with Gasteiger partial charge in [0.2, 0.25) is 5.91 Å². The smallest absolute Gasteiger partial charge is 0.262 e. The number of methoxy groups -OCH3 is 1. The minimum absolute atomic E-state index is 0.000915. The first-order valence-corrected chi connectivity index (χ1v) is 12.1. The first-order valence-electron chi connectivity index (χ1n) is 10.7. The molecule has 1 amide bonds. The van der Waals surface area contributed by atoms with Gasteiger partial charge in [0.25, 0.3) is 10.0 Å². The van der Waals surface area contributed by atoms with E-state index in [0.717, 1.165) is 22.2 Å². The summed E-state index contributed by atoms with van der Waals surface area (Å²) in [6.07, 6.45) is 3.94. The largest absolute Gasteiger partial charge is 0.379 e. The molecule has 1 N–H and O–H groups in total. The van der Waals surface area contributed by atoms with Gasteiger partial charge in [0.15, 0.2) is 5.03 Å². The van der Waals surface area contributed by atoms with Gasteiger partial charge in [-0.25, -0.2) is 13.4 Å². The lowest BCUT2D eigenvalue weighted by molar-refractivity contribution is -0.121. The number of piperidine rings is 1. The molecule has 0 spiro atoms. The molecule has 1 aliphatic heterocycles. The van der Waals surface area contributed by atoms with Gasteiger partial charge in [-0.1, -0.05) is 18.2 Å². The van der Waals surface area contributed by atoms with Crippen molar-refractivity contribution >= 4 is 26.8 Å². The second-order valence-corrected chi connectivity index (χ2v) is 10.4. The molecular weight excluding hydrogens is 430 g/mol. The van der Waals surface area contributed by atoms with Crippen molar-refractivity contribution in [2.45, 2.75) is 42.5 Å². The Morgan fingerprint density at radius 1 is 1.31 bits per heavy atom. The van der Waals surface area contributed by atoms with Crippen molar-refractivity contribution in [2.75, 3.05) is 20.7 Å². The third kappa shape index (κ3) is 3.16.